The van der Waals surface area contributed by atoms with Gasteiger partial charge in [-0.2, -0.15) is 0 Å². The summed E-state index contributed by atoms with van der Waals surface area (Å²) in [6, 6.07) is 17.5. The number of hydrogen-bond acceptors (Lipinski definition) is 6. The van der Waals surface area contributed by atoms with Gasteiger partial charge in [-0.15, -0.1) is 0 Å². The molecule has 0 spiro atoms. The molecule has 0 aliphatic rings. The Morgan fingerprint density at radius 2 is 1.60 bits per heavy atom. The van der Waals surface area contributed by atoms with Crippen LogP contribution in [-0.4, -0.2) is 20.8 Å². The number of nitrogens with zero attached hydrogens (tertiary/aromatic N) is 3. The van der Waals surface area contributed by atoms with Crippen LogP contribution in [0.3, 0.4) is 0 Å². The Labute approximate surface area is 176 Å². The Hall–Kier alpha value is -3.91. The number of carbonyl (C=O) groups excluding carboxylic acids is 1. The van der Waals surface area contributed by atoms with Gasteiger partial charge in [-0.25, -0.2) is 4.98 Å². The largest absolute Gasteiger partial charge is 0.298 e. The summed E-state index contributed by atoms with van der Waals surface area (Å²) < 4.78 is 0. The van der Waals surface area contributed by atoms with E-state index in [0.29, 0.717) is 16.4 Å². The number of carbonyl (C=O) groups is 1. The summed E-state index contributed by atoms with van der Waals surface area (Å²) >= 11 is 1.35. The fourth-order valence-corrected chi connectivity index (χ4v) is 3.87. The van der Waals surface area contributed by atoms with Gasteiger partial charge in [-0.05, 0) is 36.8 Å². The van der Waals surface area contributed by atoms with Gasteiger partial charge in [0.1, 0.15) is 0 Å². The van der Waals surface area contributed by atoms with E-state index < -0.39 is 4.92 Å². The molecule has 0 saturated carbocycles. The lowest BCUT2D eigenvalue weighted by molar-refractivity contribution is -0.384. The maximum Gasteiger partial charge on any atom is 0.269 e. The summed E-state index contributed by atoms with van der Waals surface area (Å²) in [6.07, 6.45) is 3.10. The molecular weight excluding hydrogens is 400 g/mol. The van der Waals surface area contributed by atoms with Crippen molar-refractivity contribution in [1.29, 1.82) is 0 Å². The summed E-state index contributed by atoms with van der Waals surface area (Å²) in [6.45, 7) is 2.01. The van der Waals surface area contributed by atoms with E-state index in [1.165, 1.54) is 23.5 Å². The molecule has 2 heterocycles. The Balaban J connectivity index is 1.74. The molecule has 0 fully saturated rings. The highest BCUT2D eigenvalue weighted by atomic mass is 32.1. The molecular formula is C22H16N4O3S. The molecule has 0 atom stereocenters. The van der Waals surface area contributed by atoms with Crippen LogP contribution in [0.1, 0.15) is 15.9 Å². The predicted molar refractivity (Wildman–Crippen MR) is 117 cm³/mol. The Bertz CT molecular complexity index is 1200. The van der Waals surface area contributed by atoms with Crippen molar-refractivity contribution in [3.05, 3.63) is 94.3 Å². The number of non-ortho nitro benzene ring substituents is 1. The lowest BCUT2D eigenvalue weighted by Crippen LogP contribution is -2.11. The van der Waals surface area contributed by atoms with E-state index >= 15 is 0 Å². The zero-order valence-electron chi connectivity index (χ0n) is 15.9. The first-order valence-electron chi connectivity index (χ1n) is 9.05. The van der Waals surface area contributed by atoms with Crippen molar-refractivity contribution in [2.24, 2.45) is 0 Å². The van der Waals surface area contributed by atoms with E-state index in [1.807, 2.05) is 31.2 Å². The SMILES string of the molecule is Cc1ccc(-c2sc(NC(=O)c3ccncc3)nc2-c2ccc([N+](=O)[O-])cc2)cc1. The zero-order chi connectivity index (χ0) is 21.1. The van der Waals surface area contributed by atoms with E-state index in [9.17, 15) is 14.9 Å². The lowest BCUT2D eigenvalue weighted by atomic mass is 10.1. The molecule has 1 N–H and O–H groups in total. The molecule has 0 radical (unpaired) electrons. The van der Waals surface area contributed by atoms with Gasteiger partial charge in [0.05, 0.1) is 15.5 Å². The molecule has 0 bridgehead atoms. The Morgan fingerprint density at radius 3 is 2.23 bits per heavy atom. The number of rotatable bonds is 5. The van der Waals surface area contributed by atoms with Crippen LogP contribution in [0.4, 0.5) is 10.8 Å². The molecule has 0 saturated heterocycles. The van der Waals surface area contributed by atoms with Gasteiger partial charge in [0.25, 0.3) is 11.6 Å². The summed E-state index contributed by atoms with van der Waals surface area (Å²) in [7, 11) is 0. The number of aromatic nitrogens is 2. The fraction of sp³-hybridized carbons (Fsp3) is 0.0455. The molecule has 0 aliphatic heterocycles. The van der Waals surface area contributed by atoms with Crippen LogP contribution in [0.25, 0.3) is 21.7 Å². The third-order valence-corrected chi connectivity index (χ3v) is 5.48. The van der Waals surface area contributed by atoms with Crippen LogP contribution in [0, 0.1) is 17.0 Å². The number of anilines is 1. The normalized spacial score (nSPS) is 10.6. The standard InChI is InChI=1S/C22H16N4O3S/c1-14-2-4-16(5-3-14)20-19(15-6-8-18(9-7-15)26(28)29)24-22(30-20)25-21(27)17-10-12-23-13-11-17/h2-13H,1H3,(H,24,25,27). The first-order chi connectivity index (χ1) is 14.5. The third kappa shape index (κ3) is 4.08. The molecule has 148 valence electrons. The lowest BCUT2D eigenvalue weighted by Gasteiger charge is -2.03. The number of nitro benzene ring substituents is 1. The minimum absolute atomic E-state index is 0.0112. The third-order valence-electron chi connectivity index (χ3n) is 4.46. The van der Waals surface area contributed by atoms with E-state index in [0.717, 1.165) is 21.6 Å². The summed E-state index contributed by atoms with van der Waals surface area (Å²) in [5, 5.41) is 14.2. The van der Waals surface area contributed by atoms with E-state index in [2.05, 4.69) is 15.3 Å². The van der Waals surface area contributed by atoms with E-state index in [-0.39, 0.29) is 11.6 Å². The number of hydrogen-bond donors (Lipinski definition) is 1. The molecule has 2 aromatic heterocycles. The van der Waals surface area contributed by atoms with Crippen molar-refractivity contribution in [1.82, 2.24) is 9.97 Å². The molecule has 4 aromatic rings. The van der Waals surface area contributed by atoms with Crippen LogP contribution in [0.15, 0.2) is 73.1 Å². The van der Waals surface area contributed by atoms with Gasteiger partial charge in [0.2, 0.25) is 0 Å². The van der Waals surface area contributed by atoms with Gasteiger partial charge in [0.15, 0.2) is 5.13 Å². The summed E-state index contributed by atoms with van der Waals surface area (Å²) in [4.78, 5) is 32.5. The van der Waals surface area contributed by atoms with Crippen molar-refractivity contribution < 1.29 is 9.72 Å². The highest BCUT2D eigenvalue weighted by Gasteiger charge is 2.18. The number of benzene rings is 2. The molecule has 7 nitrogen and oxygen atoms in total. The predicted octanol–water partition coefficient (Wildman–Crippen LogP) is 5.34. The van der Waals surface area contributed by atoms with E-state index in [4.69, 9.17) is 0 Å². The molecule has 1 amide bonds. The molecule has 8 heteroatoms. The van der Waals surface area contributed by atoms with Gasteiger partial charge >= 0.3 is 0 Å². The second kappa shape index (κ2) is 8.22. The molecule has 2 aromatic carbocycles. The number of amides is 1. The zero-order valence-corrected chi connectivity index (χ0v) is 16.7. The van der Waals surface area contributed by atoms with Crippen LogP contribution in [-0.2, 0) is 0 Å². The van der Waals surface area contributed by atoms with Crippen LogP contribution in [0.5, 0.6) is 0 Å². The number of pyridine rings is 1. The van der Waals surface area contributed by atoms with Gasteiger partial charge in [-0.3, -0.25) is 25.2 Å². The Morgan fingerprint density at radius 1 is 0.967 bits per heavy atom. The average Bonchev–Trinajstić information content (AvgIpc) is 3.18. The topological polar surface area (TPSA) is 98.0 Å². The summed E-state index contributed by atoms with van der Waals surface area (Å²) in [5.74, 6) is -0.281. The minimum atomic E-state index is -0.438. The first-order valence-corrected chi connectivity index (χ1v) is 9.87. The molecule has 30 heavy (non-hydrogen) atoms. The number of nitro groups is 1. The highest BCUT2D eigenvalue weighted by Crippen LogP contribution is 2.39. The van der Waals surface area contributed by atoms with Crippen LogP contribution in [0.2, 0.25) is 0 Å². The fourth-order valence-electron chi connectivity index (χ4n) is 2.88. The summed E-state index contributed by atoms with van der Waals surface area (Å²) in [5.41, 5.74) is 3.97. The maximum absolute atomic E-state index is 12.5. The van der Waals surface area contributed by atoms with Crippen LogP contribution < -0.4 is 5.32 Å². The Kier molecular flexibility index (Phi) is 5.32. The maximum atomic E-state index is 12.5. The van der Waals surface area contributed by atoms with Gasteiger partial charge in [-0.1, -0.05) is 41.2 Å². The van der Waals surface area contributed by atoms with Crippen LogP contribution >= 0.6 is 11.3 Å². The molecule has 0 aliphatic carbocycles. The van der Waals surface area contributed by atoms with Crippen molar-refractivity contribution >= 4 is 28.1 Å². The van der Waals surface area contributed by atoms with Crippen molar-refractivity contribution in [3.8, 4) is 21.7 Å². The minimum Gasteiger partial charge on any atom is -0.298 e. The molecule has 0 unspecified atom stereocenters. The second-order valence-corrected chi connectivity index (χ2v) is 7.56. The van der Waals surface area contributed by atoms with Crippen molar-refractivity contribution in [3.63, 3.8) is 0 Å². The number of thiazole rings is 1. The highest BCUT2D eigenvalue weighted by molar-refractivity contribution is 7.19. The smallest absolute Gasteiger partial charge is 0.269 e. The van der Waals surface area contributed by atoms with Gasteiger partial charge < -0.3 is 0 Å². The second-order valence-electron chi connectivity index (χ2n) is 6.56. The van der Waals surface area contributed by atoms with Crippen molar-refractivity contribution in [2.75, 3.05) is 5.32 Å². The number of aryl methyl sites for hydroxylation is 1. The monoisotopic (exact) mass is 416 g/mol. The quantitative estimate of drug-likeness (QED) is 0.350. The van der Waals surface area contributed by atoms with Crippen molar-refractivity contribution in [2.45, 2.75) is 6.92 Å². The molecule has 4 rings (SSSR count). The number of nitrogens with one attached hydrogen (secondary N) is 1. The van der Waals surface area contributed by atoms with E-state index in [1.54, 1.807) is 36.7 Å². The van der Waals surface area contributed by atoms with Gasteiger partial charge in [0, 0.05) is 35.7 Å². The first kappa shape index (κ1) is 19.4. The average molecular weight is 416 g/mol.